The van der Waals surface area contributed by atoms with Crippen molar-refractivity contribution in [2.24, 2.45) is 0 Å². The van der Waals surface area contributed by atoms with Crippen LogP contribution in [0.15, 0.2) is 18.3 Å². The number of hydrogen-bond donors (Lipinski definition) is 1. The molecule has 6 heteroatoms. The van der Waals surface area contributed by atoms with Crippen molar-refractivity contribution in [2.75, 3.05) is 0 Å². The molecule has 1 heterocycles. The van der Waals surface area contributed by atoms with Gasteiger partial charge in [0.05, 0.1) is 28.9 Å². The molecule has 0 radical (unpaired) electrons. The summed E-state index contributed by atoms with van der Waals surface area (Å²) in [4.78, 5) is 0. The Morgan fingerprint density at radius 2 is 2.00 bits per heavy atom. The first-order valence-electron chi connectivity index (χ1n) is 6.45. The van der Waals surface area contributed by atoms with Gasteiger partial charge in [0, 0.05) is 5.39 Å². The van der Waals surface area contributed by atoms with Gasteiger partial charge in [-0.3, -0.25) is 4.68 Å². The normalized spacial score (nSPS) is 26.8. The molecule has 1 N–H and O–H groups in total. The molecule has 0 aliphatic heterocycles. The molecular weight excluding hydrogens is 269 g/mol. The van der Waals surface area contributed by atoms with E-state index in [-0.39, 0.29) is 11.6 Å². The number of halogens is 3. The number of aryl methyl sites for hydroxylation is 1. The zero-order valence-corrected chi connectivity index (χ0v) is 11.2. The molecule has 1 fully saturated rings. The molecule has 1 aliphatic carbocycles. The largest absolute Gasteiger partial charge is 0.418 e. The number of alkyl halides is 3. The van der Waals surface area contributed by atoms with Gasteiger partial charge in [-0.15, -0.1) is 0 Å². The van der Waals surface area contributed by atoms with Crippen LogP contribution >= 0.6 is 0 Å². The second-order valence-electron chi connectivity index (χ2n) is 5.90. The molecule has 1 aliphatic rings. The van der Waals surface area contributed by atoms with E-state index in [4.69, 9.17) is 0 Å². The lowest BCUT2D eigenvalue weighted by Gasteiger charge is -2.41. The smallest absolute Gasteiger partial charge is 0.390 e. The minimum Gasteiger partial charge on any atom is -0.390 e. The lowest BCUT2D eigenvalue weighted by molar-refractivity contribution is -0.136. The van der Waals surface area contributed by atoms with Crippen LogP contribution in [-0.2, 0) is 6.18 Å². The Morgan fingerprint density at radius 3 is 2.55 bits per heavy atom. The Hall–Kier alpha value is -1.56. The van der Waals surface area contributed by atoms with Gasteiger partial charge in [-0.2, -0.15) is 18.3 Å². The van der Waals surface area contributed by atoms with Gasteiger partial charge in [0.1, 0.15) is 0 Å². The van der Waals surface area contributed by atoms with Crippen molar-refractivity contribution >= 4 is 10.9 Å². The monoisotopic (exact) mass is 284 g/mol. The van der Waals surface area contributed by atoms with Gasteiger partial charge in [0.2, 0.25) is 0 Å². The Balaban J connectivity index is 2.16. The molecule has 0 atom stereocenters. The number of aromatic nitrogens is 2. The van der Waals surface area contributed by atoms with Gasteiger partial charge in [-0.1, -0.05) is 0 Å². The van der Waals surface area contributed by atoms with Crippen molar-refractivity contribution < 1.29 is 18.3 Å². The van der Waals surface area contributed by atoms with Crippen molar-refractivity contribution in [1.29, 1.82) is 0 Å². The van der Waals surface area contributed by atoms with Crippen molar-refractivity contribution in [3.05, 3.63) is 29.5 Å². The summed E-state index contributed by atoms with van der Waals surface area (Å²) in [7, 11) is 0. The lowest BCUT2D eigenvalue weighted by Crippen LogP contribution is -2.42. The quantitative estimate of drug-likeness (QED) is 0.871. The van der Waals surface area contributed by atoms with Crippen LogP contribution in [0.1, 0.15) is 36.9 Å². The molecule has 0 spiro atoms. The summed E-state index contributed by atoms with van der Waals surface area (Å²) in [5.74, 6) is 0. The summed E-state index contributed by atoms with van der Waals surface area (Å²) in [6.07, 6.45) is -2.09. The summed E-state index contributed by atoms with van der Waals surface area (Å²) < 4.78 is 41.0. The predicted octanol–water partition coefficient (Wildman–Crippen LogP) is 3.45. The highest BCUT2D eigenvalue weighted by molar-refractivity contribution is 5.83. The average Bonchev–Trinajstić information content (AvgIpc) is 2.66. The van der Waals surface area contributed by atoms with E-state index >= 15 is 0 Å². The maximum atomic E-state index is 13.2. The SMILES string of the molecule is Cc1cc(C(F)(F)F)c2c(cnn2C2CC(C)(O)C2)c1. The van der Waals surface area contributed by atoms with Crippen molar-refractivity contribution in [3.8, 4) is 0 Å². The van der Waals surface area contributed by atoms with Gasteiger partial charge in [-0.05, 0) is 44.4 Å². The number of nitrogens with zero attached hydrogens (tertiary/aromatic N) is 2. The molecule has 1 aromatic heterocycles. The van der Waals surface area contributed by atoms with Crippen molar-refractivity contribution in [3.63, 3.8) is 0 Å². The summed E-state index contributed by atoms with van der Waals surface area (Å²) >= 11 is 0. The highest BCUT2D eigenvalue weighted by atomic mass is 19.4. The van der Waals surface area contributed by atoms with Gasteiger partial charge in [-0.25, -0.2) is 0 Å². The molecule has 2 aromatic rings. The first-order chi connectivity index (χ1) is 9.17. The number of benzene rings is 1. The molecule has 0 bridgehead atoms. The van der Waals surface area contributed by atoms with E-state index in [1.807, 2.05) is 0 Å². The van der Waals surface area contributed by atoms with Crippen LogP contribution < -0.4 is 0 Å². The Kier molecular flexibility index (Phi) is 2.67. The van der Waals surface area contributed by atoms with Gasteiger partial charge < -0.3 is 5.11 Å². The Labute approximate surface area is 114 Å². The fourth-order valence-corrected chi connectivity index (χ4v) is 2.96. The first-order valence-corrected chi connectivity index (χ1v) is 6.45. The zero-order valence-electron chi connectivity index (χ0n) is 11.2. The van der Waals surface area contributed by atoms with Crippen LogP contribution in [0.4, 0.5) is 13.2 Å². The lowest BCUT2D eigenvalue weighted by atomic mass is 9.77. The predicted molar refractivity (Wildman–Crippen MR) is 68.4 cm³/mol. The molecule has 3 nitrogen and oxygen atoms in total. The minimum absolute atomic E-state index is 0.114. The van der Waals surface area contributed by atoms with E-state index in [0.29, 0.717) is 23.8 Å². The number of fused-ring (bicyclic) bond motifs is 1. The highest BCUT2D eigenvalue weighted by Crippen LogP contribution is 2.44. The van der Waals surface area contributed by atoms with Crippen molar-refractivity contribution in [1.82, 2.24) is 9.78 Å². The fourth-order valence-electron chi connectivity index (χ4n) is 2.96. The van der Waals surface area contributed by atoms with E-state index in [0.717, 1.165) is 6.07 Å². The summed E-state index contributed by atoms with van der Waals surface area (Å²) in [5.41, 5.74) is -0.781. The van der Waals surface area contributed by atoms with Gasteiger partial charge in [0.15, 0.2) is 0 Å². The molecule has 0 amide bonds. The Morgan fingerprint density at radius 1 is 1.35 bits per heavy atom. The standard InChI is InChI=1S/C14H15F3N2O/c1-8-3-9-7-18-19(10-5-13(2,20)6-10)12(9)11(4-8)14(15,16)17/h3-4,7,10,20H,5-6H2,1-2H3. The number of rotatable bonds is 1. The van der Waals surface area contributed by atoms with Gasteiger partial charge >= 0.3 is 6.18 Å². The van der Waals surface area contributed by atoms with Crippen LogP contribution in [0.25, 0.3) is 10.9 Å². The maximum Gasteiger partial charge on any atom is 0.418 e. The molecule has 20 heavy (non-hydrogen) atoms. The topological polar surface area (TPSA) is 38.0 Å². The summed E-state index contributed by atoms with van der Waals surface area (Å²) in [6, 6.07) is 2.67. The molecule has 0 unspecified atom stereocenters. The second kappa shape index (κ2) is 3.97. The van der Waals surface area contributed by atoms with Crippen LogP contribution in [0.5, 0.6) is 0 Å². The van der Waals surface area contributed by atoms with E-state index < -0.39 is 17.3 Å². The number of aliphatic hydroxyl groups is 1. The second-order valence-corrected chi connectivity index (χ2v) is 5.90. The highest BCUT2D eigenvalue weighted by Gasteiger charge is 2.42. The third kappa shape index (κ3) is 2.08. The molecule has 1 saturated carbocycles. The Bertz CT molecular complexity index is 665. The minimum atomic E-state index is -4.41. The third-order valence-electron chi connectivity index (χ3n) is 3.84. The molecular formula is C14H15F3N2O. The zero-order chi connectivity index (χ0) is 14.7. The number of hydrogen-bond acceptors (Lipinski definition) is 2. The van der Waals surface area contributed by atoms with Crippen LogP contribution in [0.3, 0.4) is 0 Å². The molecule has 3 rings (SSSR count). The van der Waals surface area contributed by atoms with Crippen LogP contribution in [-0.4, -0.2) is 20.5 Å². The fraction of sp³-hybridized carbons (Fsp3) is 0.500. The van der Waals surface area contributed by atoms with E-state index in [1.54, 1.807) is 19.9 Å². The molecule has 108 valence electrons. The third-order valence-corrected chi connectivity index (χ3v) is 3.84. The van der Waals surface area contributed by atoms with Gasteiger partial charge in [0.25, 0.3) is 0 Å². The van der Waals surface area contributed by atoms with E-state index in [2.05, 4.69) is 5.10 Å². The van der Waals surface area contributed by atoms with Crippen molar-refractivity contribution in [2.45, 2.75) is 44.5 Å². The van der Waals surface area contributed by atoms with E-state index in [9.17, 15) is 18.3 Å². The average molecular weight is 284 g/mol. The summed E-state index contributed by atoms with van der Waals surface area (Å²) in [6.45, 7) is 3.32. The summed E-state index contributed by atoms with van der Waals surface area (Å²) in [5, 5.41) is 14.4. The first kappa shape index (κ1) is 13.4. The van der Waals surface area contributed by atoms with E-state index in [1.165, 1.54) is 10.9 Å². The molecule has 0 saturated heterocycles. The van der Waals surface area contributed by atoms with Crippen LogP contribution in [0, 0.1) is 6.92 Å². The van der Waals surface area contributed by atoms with Crippen LogP contribution in [0.2, 0.25) is 0 Å². The maximum absolute atomic E-state index is 13.2. The molecule has 1 aromatic carbocycles.